The topological polar surface area (TPSA) is 37.4 Å². The van der Waals surface area contributed by atoms with Crippen molar-refractivity contribution in [1.29, 1.82) is 0 Å². The molecule has 0 radical (unpaired) electrons. The van der Waals surface area contributed by atoms with Crippen molar-refractivity contribution in [2.45, 2.75) is 53.0 Å². The Morgan fingerprint density at radius 2 is 1.65 bits per heavy atom. The van der Waals surface area contributed by atoms with E-state index in [1.807, 2.05) is 6.92 Å². The molecule has 0 fully saturated rings. The van der Waals surface area contributed by atoms with Gasteiger partial charge < -0.3 is 0 Å². The van der Waals surface area contributed by atoms with Gasteiger partial charge in [0, 0.05) is 0 Å². The van der Waals surface area contributed by atoms with Crippen molar-refractivity contribution in [3.05, 3.63) is 58.7 Å². The third kappa shape index (κ3) is 3.79. The van der Waals surface area contributed by atoms with Gasteiger partial charge in [-0.15, -0.1) is 0 Å². The average molecular weight is 311 g/mol. The molecule has 2 amide bonds. The van der Waals surface area contributed by atoms with Crippen LogP contribution in [-0.2, 0) is 0 Å². The van der Waals surface area contributed by atoms with Crippen LogP contribution in [0.1, 0.15) is 67.7 Å². The Morgan fingerprint density at radius 1 is 1.09 bits per heavy atom. The summed E-state index contributed by atoms with van der Waals surface area (Å²) in [6, 6.07) is 6.89. The second-order valence-corrected chi connectivity index (χ2v) is 6.33. The number of fused-ring (bicyclic) bond motifs is 1. The van der Waals surface area contributed by atoms with Crippen LogP contribution >= 0.6 is 0 Å². The number of amides is 2. The molecular weight excluding hydrogens is 286 g/mol. The number of allylic oxidation sites excluding steroid dienone is 3. The van der Waals surface area contributed by atoms with Gasteiger partial charge in [-0.25, -0.2) is 0 Å². The van der Waals surface area contributed by atoms with Crippen molar-refractivity contribution < 1.29 is 9.59 Å². The Labute approximate surface area is 138 Å². The van der Waals surface area contributed by atoms with E-state index in [0.29, 0.717) is 11.1 Å². The maximum Gasteiger partial charge on any atom is 0.262 e. The number of nitrogens with zero attached hydrogens (tertiary/aromatic N) is 1. The van der Waals surface area contributed by atoms with E-state index >= 15 is 0 Å². The molecule has 0 saturated heterocycles. The van der Waals surface area contributed by atoms with Crippen LogP contribution in [0.25, 0.3) is 0 Å². The second-order valence-electron chi connectivity index (χ2n) is 6.33. The predicted octanol–water partition coefficient (Wildman–Crippen LogP) is 4.75. The van der Waals surface area contributed by atoms with Crippen LogP contribution in [-0.4, -0.2) is 22.8 Å². The zero-order valence-electron chi connectivity index (χ0n) is 14.4. The van der Waals surface area contributed by atoms with Crippen molar-refractivity contribution in [2.24, 2.45) is 0 Å². The van der Waals surface area contributed by atoms with Crippen LogP contribution < -0.4 is 0 Å². The Kier molecular flexibility index (Phi) is 5.54. The van der Waals surface area contributed by atoms with Gasteiger partial charge in [0.25, 0.3) is 11.8 Å². The van der Waals surface area contributed by atoms with Crippen LogP contribution in [0.3, 0.4) is 0 Å². The van der Waals surface area contributed by atoms with Gasteiger partial charge in [-0.2, -0.15) is 0 Å². The van der Waals surface area contributed by atoms with Crippen molar-refractivity contribution in [3.8, 4) is 0 Å². The molecule has 1 aliphatic rings. The Hall–Kier alpha value is -2.16. The molecule has 1 heterocycles. The summed E-state index contributed by atoms with van der Waals surface area (Å²) in [5.74, 6) is -0.350. The molecule has 0 aromatic heterocycles. The Bertz CT molecular complexity index is 631. The van der Waals surface area contributed by atoms with E-state index in [0.717, 1.165) is 19.3 Å². The number of carbonyl (C=O) groups is 2. The van der Waals surface area contributed by atoms with Gasteiger partial charge in [-0.05, 0) is 52.2 Å². The highest BCUT2D eigenvalue weighted by Gasteiger charge is 2.38. The van der Waals surface area contributed by atoms with Gasteiger partial charge in [0.1, 0.15) is 0 Å². The molecular formula is C20H25NO2. The SMILES string of the molecule is CCC(C=C(C)CCC=C(C)C)N1C(=O)c2ccccc2C1=O. The van der Waals surface area contributed by atoms with Crippen LogP contribution in [0.15, 0.2) is 47.6 Å². The molecule has 2 rings (SSSR count). The molecule has 0 saturated carbocycles. The third-order valence-electron chi connectivity index (χ3n) is 4.14. The first-order valence-electron chi connectivity index (χ1n) is 8.23. The van der Waals surface area contributed by atoms with Gasteiger partial charge in [0.05, 0.1) is 17.2 Å². The lowest BCUT2D eigenvalue weighted by Gasteiger charge is -2.23. The van der Waals surface area contributed by atoms with Crippen molar-refractivity contribution in [2.75, 3.05) is 0 Å². The minimum Gasteiger partial charge on any atom is -0.269 e. The third-order valence-corrected chi connectivity index (χ3v) is 4.14. The first kappa shape index (κ1) is 17.2. The molecule has 0 N–H and O–H groups in total. The van der Waals surface area contributed by atoms with Gasteiger partial charge >= 0.3 is 0 Å². The highest BCUT2D eigenvalue weighted by molar-refractivity contribution is 6.21. The van der Waals surface area contributed by atoms with E-state index in [1.165, 1.54) is 16.0 Å². The van der Waals surface area contributed by atoms with E-state index in [-0.39, 0.29) is 17.9 Å². The lowest BCUT2D eigenvalue weighted by Crippen LogP contribution is -2.38. The predicted molar refractivity (Wildman–Crippen MR) is 93.4 cm³/mol. The summed E-state index contributed by atoms with van der Waals surface area (Å²) in [7, 11) is 0. The number of imide groups is 1. The zero-order valence-corrected chi connectivity index (χ0v) is 14.4. The minimum atomic E-state index is -0.175. The molecule has 1 aromatic carbocycles. The molecule has 1 aromatic rings. The number of carbonyl (C=O) groups excluding carboxylic acids is 2. The summed E-state index contributed by atoms with van der Waals surface area (Å²) in [6.07, 6.45) is 6.94. The lowest BCUT2D eigenvalue weighted by molar-refractivity contribution is 0.0611. The quantitative estimate of drug-likeness (QED) is 0.561. The molecule has 0 bridgehead atoms. The molecule has 0 aliphatic carbocycles. The number of rotatable bonds is 6. The first-order chi connectivity index (χ1) is 11.0. The summed E-state index contributed by atoms with van der Waals surface area (Å²) in [6.45, 7) is 8.26. The van der Waals surface area contributed by atoms with E-state index in [1.54, 1.807) is 24.3 Å². The van der Waals surface area contributed by atoms with E-state index in [9.17, 15) is 9.59 Å². The maximum atomic E-state index is 12.6. The summed E-state index contributed by atoms with van der Waals surface area (Å²) >= 11 is 0. The highest BCUT2D eigenvalue weighted by Crippen LogP contribution is 2.26. The Balaban J connectivity index is 2.17. The average Bonchev–Trinajstić information content (AvgIpc) is 2.77. The monoisotopic (exact) mass is 311 g/mol. The molecule has 1 aliphatic heterocycles. The van der Waals surface area contributed by atoms with Crippen molar-refractivity contribution in [1.82, 2.24) is 4.90 Å². The van der Waals surface area contributed by atoms with Crippen LogP contribution in [0.4, 0.5) is 0 Å². The molecule has 1 unspecified atom stereocenters. The number of hydrogen-bond acceptors (Lipinski definition) is 2. The summed E-state index contributed by atoms with van der Waals surface area (Å²) < 4.78 is 0. The lowest BCUT2D eigenvalue weighted by atomic mass is 10.0. The van der Waals surface area contributed by atoms with Gasteiger partial charge in [0.15, 0.2) is 0 Å². The smallest absolute Gasteiger partial charge is 0.262 e. The van der Waals surface area contributed by atoms with Gasteiger partial charge in [-0.3, -0.25) is 14.5 Å². The maximum absolute atomic E-state index is 12.6. The van der Waals surface area contributed by atoms with Gasteiger partial charge in [0.2, 0.25) is 0 Å². The standard InChI is InChI=1S/C20H25NO2/c1-5-16(13-15(4)10-8-9-14(2)3)21-19(22)17-11-6-7-12-18(17)20(21)23/h6-7,9,11-13,16H,5,8,10H2,1-4H3. The number of benzene rings is 1. The zero-order chi connectivity index (χ0) is 17.0. The molecule has 122 valence electrons. The molecule has 0 spiro atoms. The summed E-state index contributed by atoms with van der Waals surface area (Å²) in [5, 5.41) is 0. The van der Waals surface area contributed by atoms with Crippen molar-refractivity contribution in [3.63, 3.8) is 0 Å². The van der Waals surface area contributed by atoms with Crippen LogP contribution in [0, 0.1) is 0 Å². The summed E-state index contributed by atoms with van der Waals surface area (Å²) in [4.78, 5) is 26.5. The molecule has 23 heavy (non-hydrogen) atoms. The normalized spacial score (nSPS) is 15.7. The van der Waals surface area contributed by atoms with Gasteiger partial charge in [-0.1, -0.05) is 42.4 Å². The fourth-order valence-corrected chi connectivity index (χ4v) is 2.88. The molecule has 1 atom stereocenters. The second kappa shape index (κ2) is 7.40. The van der Waals surface area contributed by atoms with E-state index in [2.05, 4.69) is 32.9 Å². The summed E-state index contributed by atoms with van der Waals surface area (Å²) in [5.41, 5.74) is 3.56. The van der Waals surface area contributed by atoms with E-state index < -0.39 is 0 Å². The highest BCUT2D eigenvalue weighted by atomic mass is 16.2. The fourth-order valence-electron chi connectivity index (χ4n) is 2.88. The minimum absolute atomic E-state index is 0.172. The first-order valence-corrected chi connectivity index (χ1v) is 8.23. The van der Waals surface area contributed by atoms with E-state index in [4.69, 9.17) is 0 Å². The molecule has 3 heteroatoms. The van der Waals surface area contributed by atoms with Crippen LogP contribution in [0.5, 0.6) is 0 Å². The Morgan fingerprint density at radius 3 is 2.13 bits per heavy atom. The largest absolute Gasteiger partial charge is 0.269 e. The van der Waals surface area contributed by atoms with Crippen LogP contribution in [0.2, 0.25) is 0 Å². The van der Waals surface area contributed by atoms with Crippen molar-refractivity contribution >= 4 is 11.8 Å². The fraction of sp³-hybridized carbons (Fsp3) is 0.400. The number of hydrogen-bond donors (Lipinski definition) is 0. The molecule has 3 nitrogen and oxygen atoms in total.